The van der Waals surface area contributed by atoms with Crippen LogP contribution >= 0.6 is 11.6 Å². The summed E-state index contributed by atoms with van der Waals surface area (Å²) in [6.07, 6.45) is 0. The Morgan fingerprint density at radius 3 is 2.88 bits per heavy atom. The van der Waals surface area contributed by atoms with Crippen LogP contribution in [-0.2, 0) is 11.3 Å². The van der Waals surface area contributed by atoms with E-state index in [2.05, 4.69) is 10.6 Å². The van der Waals surface area contributed by atoms with Gasteiger partial charge in [0.25, 0.3) is 5.91 Å². The lowest BCUT2D eigenvalue weighted by atomic mass is 10.2. The molecule has 124 valence electrons. The number of nitrogens with zero attached hydrogens (tertiary/aromatic N) is 1. The first kappa shape index (κ1) is 16.1. The van der Waals surface area contributed by atoms with Crippen LogP contribution in [0.3, 0.4) is 0 Å². The number of carbonyl (C=O) groups excluding carboxylic acids is 2. The SMILES string of the molecule is CN1C(=O)COc2c(NC(=O)NCc3cccc(Cl)c3)cccc21. The number of anilines is 2. The Kier molecular flexibility index (Phi) is 4.57. The number of hydrogen-bond acceptors (Lipinski definition) is 3. The van der Waals surface area contributed by atoms with Gasteiger partial charge in [0.1, 0.15) is 0 Å². The molecule has 2 N–H and O–H groups in total. The minimum atomic E-state index is -0.369. The third-order valence-corrected chi connectivity index (χ3v) is 3.90. The molecular formula is C17H16ClN3O3. The standard InChI is InChI=1S/C17H16ClN3O3/c1-21-14-7-3-6-13(16(14)24-10-15(21)22)20-17(23)19-9-11-4-2-5-12(18)8-11/h2-8H,9-10H2,1H3,(H2,19,20,23). The van der Waals surface area contributed by atoms with Crippen LogP contribution in [0.2, 0.25) is 5.02 Å². The van der Waals surface area contributed by atoms with Gasteiger partial charge in [-0.3, -0.25) is 4.79 Å². The van der Waals surface area contributed by atoms with Gasteiger partial charge in [-0.1, -0.05) is 29.8 Å². The fourth-order valence-electron chi connectivity index (χ4n) is 2.40. The topological polar surface area (TPSA) is 70.7 Å². The van der Waals surface area contributed by atoms with Crippen molar-refractivity contribution in [3.63, 3.8) is 0 Å². The first-order valence-electron chi connectivity index (χ1n) is 7.36. The van der Waals surface area contributed by atoms with Crippen LogP contribution in [0.15, 0.2) is 42.5 Å². The van der Waals surface area contributed by atoms with Crippen molar-refractivity contribution in [2.45, 2.75) is 6.54 Å². The molecule has 1 heterocycles. The van der Waals surface area contributed by atoms with Crippen molar-refractivity contribution < 1.29 is 14.3 Å². The van der Waals surface area contributed by atoms with E-state index in [0.717, 1.165) is 5.56 Å². The Labute approximate surface area is 144 Å². The van der Waals surface area contributed by atoms with Gasteiger partial charge in [0.15, 0.2) is 12.4 Å². The lowest BCUT2D eigenvalue weighted by Gasteiger charge is -2.27. The van der Waals surface area contributed by atoms with Crippen molar-refractivity contribution >= 4 is 34.9 Å². The summed E-state index contributed by atoms with van der Waals surface area (Å²) in [6, 6.07) is 12.1. The number of likely N-dealkylation sites (N-methyl/N-ethyl adjacent to an activating group) is 1. The number of benzene rings is 2. The van der Waals surface area contributed by atoms with Crippen molar-refractivity contribution in [2.24, 2.45) is 0 Å². The molecule has 3 rings (SSSR count). The molecule has 0 saturated heterocycles. The maximum absolute atomic E-state index is 12.1. The monoisotopic (exact) mass is 345 g/mol. The summed E-state index contributed by atoms with van der Waals surface area (Å²) in [7, 11) is 1.67. The summed E-state index contributed by atoms with van der Waals surface area (Å²) in [5, 5.41) is 6.12. The highest BCUT2D eigenvalue weighted by atomic mass is 35.5. The average Bonchev–Trinajstić information content (AvgIpc) is 2.57. The summed E-state index contributed by atoms with van der Waals surface area (Å²) >= 11 is 5.92. The van der Waals surface area contributed by atoms with E-state index in [0.29, 0.717) is 28.7 Å². The molecule has 1 aliphatic rings. The number of carbonyl (C=O) groups is 2. The van der Waals surface area contributed by atoms with E-state index in [1.807, 2.05) is 12.1 Å². The lowest BCUT2D eigenvalue weighted by Crippen LogP contribution is -2.36. The zero-order valence-electron chi connectivity index (χ0n) is 13.0. The minimum absolute atomic E-state index is 0.0493. The summed E-state index contributed by atoms with van der Waals surface area (Å²) < 4.78 is 5.47. The molecule has 1 aliphatic heterocycles. The number of urea groups is 1. The van der Waals surface area contributed by atoms with E-state index in [1.54, 1.807) is 37.4 Å². The Balaban J connectivity index is 1.68. The molecule has 0 radical (unpaired) electrons. The minimum Gasteiger partial charge on any atom is -0.479 e. The fourth-order valence-corrected chi connectivity index (χ4v) is 2.61. The number of fused-ring (bicyclic) bond motifs is 1. The van der Waals surface area contributed by atoms with Crippen molar-refractivity contribution in [1.29, 1.82) is 0 Å². The molecule has 0 saturated carbocycles. The van der Waals surface area contributed by atoms with Gasteiger partial charge in [-0.2, -0.15) is 0 Å². The fraction of sp³-hybridized carbons (Fsp3) is 0.176. The smallest absolute Gasteiger partial charge is 0.319 e. The normalized spacial score (nSPS) is 13.1. The highest BCUT2D eigenvalue weighted by Crippen LogP contribution is 2.37. The Hall–Kier alpha value is -2.73. The van der Waals surface area contributed by atoms with Crippen LogP contribution in [0.5, 0.6) is 5.75 Å². The van der Waals surface area contributed by atoms with Crippen LogP contribution in [0.4, 0.5) is 16.2 Å². The number of para-hydroxylation sites is 1. The van der Waals surface area contributed by atoms with E-state index in [4.69, 9.17) is 16.3 Å². The largest absolute Gasteiger partial charge is 0.479 e. The molecule has 0 aliphatic carbocycles. The third-order valence-electron chi connectivity index (χ3n) is 3.66. The number of rotatable bonds is 3. The van der Waals surface area contributed by atoms with Gasteiger partial charge in [-0.05, 0) is 29.8 Å². The molecule has 0 atom stereocenters. The van der Waals surface area contributed by atoms with E-state index in [-0.39, 0.29) is 18.5 Å². The number of nitrogens with one attached hydrogen (secondary N) is 2. The first-order chi connectivity index (χ1) is 11.5. The molecule has 24 heavy (non-hydrogen) atoms. The Morgan fingerprint density at radius 1 is 1.29 bits per heavy atom. The van der Waals surface area contributed by atoms with Crippen LogP contribution < -0.4 is 20.3 Å². The summed E-state index contributed by atoms with van der Waals surface area (Å²) in [6.45, 7) is 0.299. The summed E-state index contributed by atoms with van der Waals surface area (Å²) in [4.78, 5) is 25.3. The number of amides is 3. The molecule has 0 aromatic heterocycles. The third kappa shape index (κ3) is 3.44. The van der Waals surface area contributed by atoms with Crippen molar-refractivity contribution in [2.75, 3.05) is 23.9 Å². The predicted molar refractivity (Wildman–Crippen MR) is 92.7 cm³/mol. The average molecular weight is 346 g/mol. The molecule has 6 nitrogen and oxygen atoms in total. The van der Waals surface area contributed by atoms with Crippen LogP contribution in [0.1, 0.15) is 5.56 Å². The molecule has 0 unspecified atom stereocenters. The van der Waals surface area contributed by atoms with Crippen LogP contribution in [-0.4, -0.2) is 25.6 Å². The molecule has 7 heteroatoms. The van der Waals surface area contributed by atoms with E-state index in [1.165, 1.54) is 4.90 Å². The van der Waals surface area contributed by atoms with Gasteiger partial charge in [-0.15, -0.1) is 0 Å². The highest BCUT2D eigenvalue weighted by Gasteiger charge is 2.24. The van der Waals surface area contributed by atoms with Crippen molar-refractivity contribution in [1.82, 2.24) is 5.32 Å². The first-order valence-corrected chi connectivity index (χ1v) is 7.74. The number of hydrogen-bond donors (Lipinski definition) is 2. The van der Waals surface area contributed by atoms with E-state index >= 15 is 0 Å². The van der Waals surface area contributed by atoms with Gasteiger partial charge < -0.3 is 20.3 Å². The van der Waals surface area contributed by atoms with Gasteiger partial charge in [0.05, 0.1) is 11.4 Å². The second-order valence-corrected chi connectivity index (χ2v) is 5.77. The molecule has 0 fully saturated rings. The lowest BCUT2D eigenvalue weighted by molar-refractivity contribution is -0.120. The zero-order valence-corrected chi connectivity index (χ0v) is 13.8. The van der Waals surface area contributed by atoms with E-state index < -0.39 is 0 Å². The predicted octanol–water partition coefficient (Wildman–Crippen LogP) is 3.02. The number of ether oxygens (including phenoxy) is 1. The molecule has 2 aromatic rings. The number of halogens is 1. The quantitative estimate of drug-likeness (QED) is 0.898. The van der Waals surface area contributed by atoms with Crippen molar-refractivity contribution in [3.05, 3.63) is 53.1 Å². The second kappa shape index (κ2) is 6.80. The van der Waals surface area contributed by atoms with Crippen LogP contribution in [0.25, 0.3) is 0 Å². The van der Waals surface area contributed by atoms with E-state index in [9.17, 15) is 9.59 Å². The summed E-state index contributed by atoms with van der Waals surface area (Å²) in [5.74, 6) is 0.350. The zero-order chi connectivity index (χ0) is 17.1. The highest BCUT2D eigenvalue weighted by molar-refractivity contribution is 6.30. The van der Waals surface area contributed by atoms with Gasteiger partial charge >= 0.3 is 6.03 Å². The van der Waals surface area contributed by atoms with Gasteiger partial charge in [0, 0.05) is 18.6 Å². The van der Waals surface area contributed by atoms with Gasteiger partial charge in [0.2, 0.25) is 0 Å². The van der Waals surface area contributed by atoms with Crippen molar-refractivity contribution in [3.8, 4) is 5.75 Å². The summed E-state index contributed by atoms with van der Waals surface area (Å²) in [5.41, 5.74) is 2.03. The molecule has 2 aromatic carbocycles. The van der Waals surface area contributed by atoms with Gasteiger partial charge in [-0.25, -0.2) is 4.79 Å². The van der Waals surface area contributed by atoms with Crippen LogP contribution in [0, 0.1) is 0 Å². The maximum Gasteiger partial charge on any atom is 0.319 e. The molecule has 0 bridgehead atoms. The Morgan fingerprint density at radius 2 is 2.08 bits per heavy atom. The molecule has 3 amide bonds. The molecular weight excluding hydrogens is 330 g/mol. The molecule has 0 spiro atoms. The second-order valence-electron chi connectivity index (χ2n) is 5.33. The maximum atomic E-state index is 12.1. The Bertz CT molecular complexity index is 794.